The van der Waals surface area contributed by atoms with Gasteiger partial charge in [0.1, 0.15) is 5.75 Å². The molecule has 0 unspecified atom stereocenters. The van der Waals surface area contributed by atoms with Crippen LogP contribution in [0.4, 0.5) is 0 Å². The van der Waals surface area contributed by atoms with Gasteiger partial charge >= 0.3 is 5.97 Å². The second kappa shape index (κ2) is 8.88. The summed E-state index contributed by atoms with van der Waals surface area (Å²) in [5.41, 5.74) is 2.67. The maximum Gasteiger partial charge on any atom is 0.308 e. The smallest absolute Gasteiger partial charge is 0.308 e. The molecule has 2 heterocycles. The summed E-state index contributed by atoms with van der Waals surface area (Å²) in [6.45, 7) is 13.9. The van der Waals surface area contributed by atoms with Crippen LogP contribution in [0.1, 0.15) is 65.2 Å². The number of halogens is 1. The van der Waals surface area contributed by atoms with Crippen molar-refractivity contribution in [3.05, 3.63) is 73.0 Å². The van der Waals surface area contributed by atoms with Crippen molar-refractivity contribution < 1.29 is 9.53 Å². The number of aromatic nitrogens is 3. The van der Waals surface area contributed by atoms with Gasteiger partial charge in [-0.05, 0) is 58.9 Å². The van der Waals surface area contributed by atoms with E-state index in [-0.39, 0.29) is 22.4 Å². The van der Waals surface area contributed by atoms with Crippen molar-refractivity contribution in [1.82, 2.24) is 14.6 Å². The Hall–Kier alpha value is -3.03. The van der Waals surface area contributed by atoms with Crippen LogP contribution in [-0.2, 0) is 15.6 Å². The number of carbonyl (C=O) groups excluding carboxylic acids is 1. The van der Waals surface area contributed by atoms with Gasteiger partial charge in [-0.3, -0.25) is 9.59 Å². The third-order valence-electron chi connectivity index (χ3n) is 5.56. The number of ether oxygens (including phenoxy) is 1. The lowest BCUT2D eigenvalue weighted by molar-refractivity contribution is -0.132. The molecule has 0 atom stereocenters. The number of hydrogen-bond donors (Lipinski definition) is 0. The van der Waals surface area contributed by atoms with Crippen LogP contribution in [0.2, 0.25) is 5.02 Å². The van der Waals surface area contributed by atoms with E-state index in [2.05, 4.69) is 51.6 Å². The fraction of sp³-hybridized carbons (Fsp3) is 0.333. The van der Waals surface area contributed by atoms with E-state index in [9.17, 15) is 9.59 Å². The van der Waals surface area contributed by atoms with E-state index < -0.39 is 0 Å². The normalized spacial score (nSPS) is 13.0. The molecule has 6 nitrogen and oxygen atoms in total. The SMILES string of the molecule is CC(=O)Oc1c(C(C)(C)C)cc(C=c2sc3nc(-c4ccc(Cl)cc4)nn3c2=O)cc1C(C)(C)C. The van der Waals surface area contributed by atoms with Gasteiger partial charge in [0, 0.05) is 28.6 Å². The molecule has 182 valence electrons. The van der Waals surface area contributed by atoms with Gasteiger partial charge in [0.25, 0.3) is 5.56 Å². The largest absolute Gasteiger partial charge is 0.426 e. The molecule has 2 aromatic heterocycles. The Morgan fingerprint density at radius 2 is 1.60 bits per heavy atom. The highest BCUT2D eigenvalue weighted by Gasteiger charge is 2.28. The third kappa shape index (κ3) is 5.16. The molecule has 0 aliphatic carbocycles. The second-order valence-corrected chi connectivity index (χ2v) is 12.0. The molecule has 0 radical (unpaired) electrons. The Labute approximate surface area is 213 Å². The van der Waals surface area contributed by atoms with Crippen molar-refractivity contribution in [2.75, 3.05) is 0 Å². The van der Waals surface area contributed by atoms with Crippen LogP contribution in [0.3, 0.4) is 0 Å². The Bertz CT molecular complexity index is 1500. The highest BCUT2D eigenvalue weighted by atomic mass is 35.5. The first-order valence-corrected chi connectivity index (χ1v) is 12.5. The van der Waals surface area contributed by atoms with Crippen molar-refractivity contribution in [2.45, 2.75) is 59.3 Å². The lowest BCUT2D eigenvalue weighted by atomic mass is 9.78. The number of esters is 1. The number of thiazole rings is 1. The van der Waals surface area contributed by atoms with E-state index in [1.807, 2.05) is 30.3 Å². The zero-order valence-electron chi connectivity index (χ0n) is 20.9. The van der Waals surface area contributed by atoms with Gasteiger partial charge < -0.3 is 4.74 Å². The van der Waals surface area contributed by atoms with Crippen molar-refractivity contribution in [1.29, 1.82) is 0 Å². The molecule has 0 saturated heterocycles. The molecule has 0 fully saturated rings. The number of carbonyl (C=O) groups is 1. The van der Waals surface area contributed by atoms with Gasteiger partial charge in [-0.2, -0.15) is 9.50 Å². The van der Waals surface area contributed by atoms with E-state index in [0.717, 1.165) is 22.3 Å². The highest BCUT2D eigenvalue weighted by Crippen LogP contribution is 2.41. The van der Waals surface area contributed by atoms with Crippen LogP contribution < -0.4 is 14.8 Å². The van der Waals surface area contributed by atoms with Crippen molar-refractivity contribution in [2.24, 2.45) is 0 Å². The molecule has 0 aliphatic heterocycles. The van der Waals surface area contributed by atoms with Crippen molar-refractivity contribution >= 4 is 39.9 Å². The van der Waals surface area contributed by atoms with Crippen LogP contribution in [-0.4, -0.2) is 20.6 Å². The Morgan fingerprint density at radius 1 is 1.03 bits per heavy atom. The number of nitrogens with zero attached hydrogens (tertiary/aromatic N) is 3. The minimum atomic E-state index is -0.360. The fourth-order valence-corrected chi connectivity index (χ4v) is 4.84. The average molecular weight is 510 g/mol. The van der Waals surface area contributed by atoms with Crippen LogP contribution in [0.25, 0.3) is 22.4 Å². The summed E-state index contributed by atoms with van der Waals surface area (Å²) < 4.78 is 7.58. The summed E-state index contributed by atoms with van der Waals surface area (Å²) in [6, 6.07) is 11.2. The van der Waals surface area contributed by atoms with Crippen LogP contribution in [0.15, 0.2) is 41.2 Å². The first-order valence-electron chi connectivity index (χ1n) is 11.3. The Morgan fingerprint density at radius 3 is 2.09 bits per heavy atom. The van der Waals surface area contributed by atoms with Gasteiger partial charge in [-0.1, -0.05) is 64.5 Å². The van der Waals surface area contributed by atoms with Gasteiger partial charge in [-0.25, -0.2) is 0 Å². The lowest BCUT2D eigenvalue weighted by Crippen LogP contribution is -2.24. The molecular weight excluding hydrogens is 482 g/mol. The van der Waals surface area contributed by atoms with E-state index >= 15 is 0 Å². The maximum atomic E-state index is 13.2. The maximum absolute atomic E-state index is 13.2. The van der Waals surface area contributed by atoms with E-state index in [1.165, 1.54) is 22.8 Å². The molecular formula is C27H28ClN3O3S. The monoisotopic (exact) mass is 509 g/mol. The zero-order valence-corrected chi connectivity index (χ0v) is 22.5. The van der Waals surface area contributed by atoms with Gasteiger partial charge in [-0.15, -0.1) is 5.10 Å². The Kier molecular flexibility index (Phi) is 6.36. The average Bonchev–Trinajstić information content (AvgIpc) is 3.27. The fourth-order valence-electron chi connectivity index (χ4n) is 3.81. The zero-order chi connectivity index (χ0) is 25.7. The van der Waals surface area contributed by atoms with Gasteiger partial charge in [0.2, 0.25) is 4.96 Å². The molecule has 0 spiro atoms. The van der Waals surface area contributed by atoms with Gasteiger partial charge in [0.05, 0.1) is 4.53 Å². The lowest BCUT2D eigenvalue weighted by Gasteiger charge is -2.29. The van der Waals surface area contributed by atoms with Crippen LogP contribution >= 0.6 is 22.9 Å². The van der Waals surface area contributed by atoms with Crippen LogP contribution in [0.5, 0.6) is 5.75 Å². The summed E-state index contributed by atoms with van der Waals surface area (Å²) in [5.74, 6) is 0.709. The summed E-state index contributed by atoms with van der Waals surface area (Å²) >= 11 is 7.26. The number of rotatable bonds is 3. The molecule has 0 amide bonds. The minimum absolute atomic E-state index is 0.226. The molecule has 4 aromatic rings. The van der Waals surface area contributed by atoms with Crippen LogP contribution in [0, 0.1) is 0 Å². The summed E-state index contributed by atoms with van der Waals surface area (Å²) in [4.78, 5) is 30.1. The van der Waals surface area contributed by atoms with Crippen molar-refractivity contribution in [3.8, 4) is 17.1 Å². The molecule has 4 rings (SSSR count). The first-order chi connectivity index (χ1) is 16.2. The highest BCUT2D eigenvalue weighted by molar-refractivity contribution is 7.15. The number of hydrogen-bond acceptors (Lipinski definition) is 6. The molecule has 0 bridgehead atoms. The quantitative estimate of drug-likeness (QED) is 0.268. The molecule has 8 heteroatoms. The minimum Gasteiger partial charge on any atom is -0.426 e. The van der Waals surface area contributed by atoms with E-state index in [4.69, 9.17) is 16.3 Å². The van der Waals surface area contributed by atoms with E-state index in [0.29, 0.717) is 26.1 Å². The third-order valence-corrected chi connectivity index (χ3v) is 6.77. The molecule has 35 heavy (non-hydrogen) atoms. The second-order valence-electron chi connectivity index (χ2n) is 10.6. The Balaban J connectivity index is 1.88. The molecule has 0 saturated carbocycles. The molecule has 0 aliphatic rings. The first kappa shape index (κ1) is 25.1. The summed E-state index contributed by atoms with van der Waals surface area (Å²) in [5, 5.41) is 5.04. The number of benzene rings is 2. The van der Waals surface area contributed by atoms with E-state index in [1.54, 1.807) is 12.1 Å². The predicted molar refractivity (Wildman–Crippen MR) is 142 cm³/mol. The van der Waals surface area contributed by atoms with Gasteiger partial charge in [0.15, 0.2) is 5.82 Å². The van der Waals surface area contributed by atoms with Crippen molar-refractivity contribution in [3.63, 3.8) is 0 Å². The molecule has 2 aromatic carbocycles. The molecule has 0 N–H and O–H groups in total. The predicted octanol–water partition coefficient (Wildman–Crippen LogP) is 5.54. The number of fused-ring (bicyclic) bond motifs is 1. The topological polar surface area (TPSA) is 73.6 Å². The summed E-state index contributed by atoms with van der Waals surface area (Å²) in [6.07, 6.45) is 1.85. The summed E-state index contributed by atoms with van der Waals surface area (Å²) in [7, 11) is 0. The standard InChI is InChI=1S/C27H28ClN3O3S/c1-15(32)34-22-19(26(2,3)4)12-16(13-20(22)27(5,6)7)14-21-24(33)31-25(35-21)29-23(30-31)17-8-10-18(28)11-9-17/h8-14H,1-7H3.